The number of rotatable bonds is 4. The number of imidazole rings is 1. The van der Waals surface area contributed by atoms with Gasteiger partial charge < -0.3 is 9.88 Å². The third kappa shape index (κ3) is 3.13. The van der Waals surface area contributed by atoms with E-state index in [2.05, 4.69) is 44.4 Å². The Bertz CT molecular complexity index is 510. The number of halogens is 2. The highest BCUT2D eigenvalue weighted by Crippen LogP contribution is 2.22. The second-order valence-corrected chi connectivity index (χ2v) is 5.25. The molecule has 5 heteroatoms. The van der Waals surface area contributed by atoms with Crippen molar-refractivity contribution in [2.75, 3.05) is 5.32 Å². The van der Waals surface area contributed by atoms with E-state index >= 15 is 0 Å². The van der Waals surface area contributed by atoms with Gasteiger partial charge in [-0.25, -0.2) is 4.98 Å². The van der Waals surface area contributed by atoms with Gasteiger partial charge in [-0.1, -0.05) is 11.6 Å². The van der Waals surface area contributed by atoms with Crippen molar-refractivity contribution >= 4 is 39.9 Å². The summed E-state index contributed by atoms with van der Waals surface area (Å²) in [4.78, 5) is 4.14. The molecule has 0 atom stereocenters. The lowest BCUT2D eigenvalue weighted by atomic mass is 10.3. The Hall–Kier alpha value is -0.750. The summed E-state index contributed by atoms with van der Waals surface area (Å²) in [5.74, 6) is 0. The molecule has 0 bridgehead atoms. The van der Waals surface area contributed by atoms with Crippen LogP contribution < -0.4 is 5.32 Å². The molecule has 0 spiro atoms. The molecule has 0 unspecified atom stereocenters. The summed E-state index contributed by atoms with van der Waals surface area (Å²) >= 11 is 8.19. The fraction of sp³-hybridized carbons (Fsp3) is 0.250. The fourth-order valence-electron chi connectivity index (χ4n) is 1.60. The Morgan fingerprint density at radius 2 is 2.29 bits per heavy atom. The fourth-order valence-corrected chi connectivity index (χ4v) is 2.66. The van der Waals surface area contributed by atoms with Crippen molar-refractivity contribution in [3.63, 3.8) is 0 Å². The minimum absolute atomic E-state index is 0.763. The summed E-state index contributed by atoms with van der Waals surface area (Å²) in [6.07, 6.45) is 3.74. The van der Waals surface area contributed by atoms with Crippen LogP contribution in [0.15, 0.2) is 30.7 Å². The lowest BCUT2D eigenvalue weighted by Gasteiger charge is -2.10. The number of nitrogens with one attached hydrogen (secondary N) is 1. The predicted octanol–water partition coefficient (Wildman–Crippen LogP) is 3.77. The van der Waals surface area contributed by atoms with Crippen LogP contribution in [0, 0.1) is 3.57 Å². The zero-order chi connectivity index (χ0) is 12.3. The molecule has 0 aliphatic rings. The summed E-state index contributed by atoms with van der Waals surface area (Å²) in [6.45, 7) is 3.82. The molecule has 2 rings (SSSR count). The van der Waals surface area contributed by atoms with E-state index < -0.39 is 0 Å². The highest BCUT2D eigenvalue weighted by molar-refractivity contribution is 14.1. The van der Waals surface area contributed by atoms with Crippen LogP contribution in [0.1, 0.15) is 12.6 Å². The van der Waals surface area contributed by atoms with Gasteiger partial charge in [0.05, 0.1) is 18.6 Å². The van der Waals surface area contributed by atoms with Crippen molar-refractivity contribution in [3.8, 4) is 0 Å². The van der Waals surface area contributed by atoms with Gasteiger partial charge in [0.15, 0.2) is 0 Å². The van der Waals surface area contributed by atoms with Gasteiger partial charge in [-0.3, -0.25) is 0 Å². The molecular formula is C12H13ClIN3. The topological polar surface area (TPSA) is 29.9 Å². The van der Waals surface area contributed by atoms with Gasteiger partial charge >= 0.3 is 0 Å². The predicted molar refractivity (Wildman–Crippen MR) is 79.4 cm³/mol. The molecular weight excluding hydrogens is 349 g/mol. The molecule has 0 aliphatic heterocycles. The summed E-state index contributed by atoms with van der Waals surface area (Å²) < 4.78 is 3.24. The third-order valence-electron chi connectivity index (χ3n) is 2.53. The van der Waals surface area contributed by atoms with Gasteiger partial charge in [0.25, 0.3) is 0 Å². The molecule has 2 aromatic rings. The van der Waals surface area contributed by atoms with Crippen LogP contribution in [0.2, 0.25) is 5.02 Å². The van der Waals surface area contributed by atoms with E-state index in [0.29, 0.717) is 0 Å². The standard InChI is InChI=1S/C12H13ClIN3/c1-2-17-8-15-6-10(17)7-16-12-4-3-9(13)5-11(12)14/h3-6,8,16H,2,7H2,1H3. The summed E-state index contributed by atoms with van der Waals surface area (Å²) in [5, 5.41) is 4.15. The molecule has 0 amide bonds. The molecule has 3 nitrogen and oxygen atoms in total. The summed E-state index contributed by atoms with van der Waals surface area (Å²) in [5.41, 5.74) is 2.28. The number of hydrogen-bond acceptors (Lipinski definition) is 2. The summed E-state index contributed by atoms with van der Waals surface area (Å²) in [7, 11) is 0. The number of aryl methyl sites for hydroxylation is 1. The van der Waals surface area contributed by atoms with Crippen LogP contribution in [-0.2, 0) is 13.1 Å². The van der Waals surface area contributed by atoms with Crippen LogP contribution in [-0.4, -0.2) is 9.55 Å². The lowest BCUT2D eigenvalue weighted by Crippen LogP contribution is -2.06. The smallest absolute Gasteiger partial charge is 0.0948 e. The van der Waals surface area contributed by atoms with E-state index in [-0.39, 0.29) is 0 Å². The zero-order valence-corrected chi connectivity index (χ0v) is 12.4. The second kappa shape index (κ2) is 5.73. The van der Waals surface area contributed by atoms with Crippen molar-refractivity contribution in [3.05, 3.63) is 45.0 Å². The maximum Gasteiger partial charge on any atom is 0.0948 e. The van der Waals surface area contributed by atoms with Gasteiger partial charge in [0, 0.05) is 27.0 Å². The van der Waals surface area contributed by atoms with E-state index in [4.69, 9.17) is 11.6 Å². The Morgan fingerprint density at radius 3 is 3.00 bits per heavy atom. The number of benzene rings is 1. The first-order valence-corrected chi connectivity index (χ1v) is 6.84. The number of aromatic nitrogens is 2. The van der Waals surface area contributed by atoms with Crippen LogP contribution >= 0.6 is 34.2 Å². The van der Waals surface area contributed by atoms with E-state index in [1.165, 1.54) is 5.69 Å². The highest BCUT2D eigenvalue weighted by Gasteiger charge is 2.03. The number of anilines is 1. The van der Waals surface area contributed by atoms with Crippen LogP contribution in [0.25, 0.3) is 0 Å². The molecule has 1 N–H and O–H groups in total. The van der Waals surface area contributed by atoms with E-state index in [0.717, 1.165) is 27.4 Å². The molecule has 0 fully saturated rings. The first-order chi connectivity index (χ1) is 8.20. The molecule has 1 aromatic heterocycles. The molecule has 0 aliphatic carbocycles. The Labute approximate surface area is 119 Å². The van der Waals surface area contributed by atoms with Gasteiger partial charge in [0.1, 0.15) is 0 Å². The van der Waals surface area contributed by atoms with E-state index in [9.17, 15) is 0 Å². The second-order valence-electron chi connectivity index (χ2n) is 3.65. The minimum atomic E-state index is 0.763. The van der Waals surface area contributed by atoms with Crippen molar-refractivity contribution in [2.45, 2.75) is 20.0 Å². The normalized spacial score (nSPS) is 10.5. The van der Waals surface area contributed by atoms with Crippen molar-refractivity contribution in [1.29, 1.82) is 0 Å². The van der Waals surface area contributed by atoms with E-state index in [1.807, 2.05) is 30.7 Å². The van der Waals surface area contributed by atoms with E-state index in [1.54, 1.807) is 0 Å². The van der Waals surface area contributed by atoms with Crippen LogP contribution in [0.5, 0.6) is 0 Å². The average molecular weight is 362 g/mol. The molecule has 17 heavy (non-hydrogen) atoms. The molecule has 0 saturated carbocycles. The van der Waals surface area contributed by atoms with Gasteiger partial charge in [0.2, 0.25) is 0 Å². The maximum atomic E-state index is 5.92. The largest absolute Gasteiger partial charge is 0.379 e. The molecule has 90 valence electrons. The van der Waals surface area contributed by atoms with Crippen molar-refractivity contribution in [1.82, 2.24) is 9.55 Å². The first kappa shape index (κ1) is 12.7. The average Bonchev–Trinajstić information content (AvgIpc) is 2.75. The quantitative estimate of drug-likeness (QED) is 0.840. The zero-order valence-electron chi connectivity index (χ0n) is 9.45. The molecule has 0 radical (unpaired) electrons. The lowest BCUT2D eigenvalue weighted by molar-refractivity contribution is 0.719. The van der Waals surface area contributed by atoms with Gasteiger partial charge in [-0.2, -0.15) is 0 Å². The van der Waals surface area contributed by atoms with Crippen molar-refractivity contribution < 1.29 is 0 Å². The SMILES string of the molecule is CCn1cncc1CNc1ccc(Cl)cc1I. The minimum Gasteiger partial charge on any atom is -0.379 e. The Morgan fingerprint density at radius 1 is 1.47 bits per heavy atom. The van der Waals surface area contributed by atoms with Gasteiger partial charge in [-0.05, 0) is 47.7 Å². The number of hydrogen-bond donors (Lipinski definition) is 1. The highest BCUT2D eigenvalue weighted by atomic mass is 127. The Kier molecular flexibility index (Phi) is 4.28. The van der Waals surface area contributed by atoms with Gasteiger partial charge in [-0.15, -0.1) is 0 Å². The molecule has 1 heterocycles. The van der Waals surface area contributed by atoms with Crippen LogP contribution in [0.3, 0.4) is 0 Å². The van der Waals surface area contributed by atoms with Crippen molar-refractivity contribution in [2.24, 2.45) is 0 Å². The van der Waals surface area contributed by atoms with Crippen LogP contribution in [0.4, 0.5) is 5.69 Å². The Balaban J connectivity index is 2.07. The maximum absolute atomic E-state index is 5.92. The third-order valence-corrected chi connectivity index (χ3v) is 3.66. The monoisotopic (exact) mass is 361 g/mol. The summed E-state index contributed by atoms with van der Waals surface area (Å²) in [6, 6.07) is 5.83. The first-order valence-electron chi connectivity index (χ1n) is 5.38. The number of nitrogens with zero attached hydrogens (tertiary/aromatic N) is 2. The molecule has 1 aromatic carbocycles. The molecule has 0 saturated heterocycles.